The van der Waals surface area contributed by atoms with Crippen LogP contribution in [0, 0.1) is 6.92 Å². The van der Waals surface area contributed by atoms with E-state index in [9.17, 15) is 14.7 Å². The number of carbonyl (C=O) groups excluding carboxylic acids is 2. The number of Topliss-reactive ketones (excluding diaryl/α,β-unsaturated/α-hetero) is 1. The SMILES string of the molecule is CCOc1ccc2nc(N3C(=O)C(=O)/C(=C(/O)c4cc(C)cc(Cl)c4OC)C3c3cccnc3)sc2c1. The molecule has 0 spiro atoms. The topological polar surface area (TPSA) is 102 Å². The third kappa shape index (κ3) is 4.30. The van der Waals surface area contributed by atoms with Gasteiger partial charge >= 0.3 is 5.91 Å². The summed E-state index contributed by atoms with van der Waals surface area (Å²) in [5.41, 5.74) is 2.05. The Kier molecular flexibility index (Phi) is 6.57. The highest BCUT2D eigenvalue weighted by molar-refractivity contribution is 7.22. The third-order valence-corrected chi connectivity index (χ3v) is 7.26. The smallest absolute Gasteiger partial charge is 0.301 e. The van der Waals surface area contributed by atoms with Crippen LogP contribution >= 0.6 is 22.9 Å². The minimum Gasteiger partial charge on any atom is -0.507 e. The highest BCUT2D eigenvalue weighted by Crippen LogP contribution is 2.46. The number of carbonyl (C=O) groups is 2. The van der Waals surface area contributed by atoms with Crippen molar-refractivity contribution in [2.45, 2.75) is 19.9 Å². The molecule has 8 nitrogen and oxygen atoms in total. The lowest BCUT2D eigenvalue weighted by Gasteiger charge is -2.23. The highest BCUT2D eigenvalue weighted by Gasteiger charge is 2.48. The van der Waals surface area contributed by atoms with Crippen LogP contribution < -0.4 is 14.4 Å². The van der Waals surface area contributed by atoms with E-state index in [-0.39, 0.29) is 21.9 Å². The Morgan fingerprint density at radius 2 is 2.03 bits per heavy atom. The number of halogens is 1. The summed E-state index contributed by atoms with van der Waals surface area (Å²) in [7, 11) is 1.42. The Morgan fingerprint density at radius 3 is 2.73 bits per heavy atom. The number of aryl methyl sites for hydroxylation is 1. The van der Waals surface area contributed by atoms with Gasteiger partial charge < -0.3 is 14.6 Å². The molecule has 0 bridgehead atoms. The number of anilines is 1. The molecular formula is C27H22ClN3O5S. The van der Waals surface area contributed by atoms with Crippen LogP contribution in [0.4, 0.5) is 5.13 Å². The fourth-order valence-electron chi connectivity index (χ4n) is 4.39. The van der Waals surface area contributed by atoms with Gasteiger partial charge in [-0.2, -0.15) is 0 Å². The lowest BCUT2D eigenvalue weighted by molar-refractivity contribution is -0.132. The number of hydrogen-bond donors (Lipinski definition) is 1. The Bertz CT molecular complexity index is 1570. The summed E-state index contributed by atoms with van der Waals surface area (Å²) < 4.78 is 11.8. The van der Waals surface area contributed by atoms with E-state index < -0.39 is 23.5 Å². The second kappa shape index (κ2) is 9.84. The number of amides is 1. The van der Waals surface area contributed by atoms with Gasteiger partial charge in [-0.1, -0.05) is 29.0 Å². The van der Waals surface area contributed by atoms with Crippen molar-refractivity contribution in [1.82, 2.24) is 9.97 Å². The number of ether oxygens (including phenoxy) is 2. The number of rotatable bonds is 6. The molecule has 10 heteroatoms. The van der Waals surface area contributed by atoms with Crippen LogP contribution in [0.2, 0.25) is 5.02 Å². The summed E-state index contributed by atoms with van der Waals surface area (Å²) >= 11 is 7.61. The largest absolute Gasteiger partial charge is 0.507 e. The summed E-state index contributed by atoms with van der Waals surface area (Å²) in [4.78, 5) is 37.0. The first-order valence-electron chi connectivity index (χ1n) is 11.4. The van der Waals surface area contributed by atoms with Crippen molar-refractivity contribution in [2.75, 3.05) is 18.6 Å². The molecule has 2 aromatic heterocycles. The summed E-state index contributed by atoms with van der Waals surface area (Å²) in [6.45, 7) is 4.21. The number of ketones is 1. The molecular weight excluding hydrogens is 514 g/mol. The molecule has 1 aliphatic heterocycles. The predicted octanol–water partition coefficient (Wildman–Crippen LogP) is 5.69. The molecule has 1 aliphatic rings. The zero-order valence-corrected chi connectivity index (χ0v) is 21.8. The summed E-state index contributed by atoms with van der Waals surface area (Å²) in [5.74, 6) is -1.17. The van der Waals surface area contributed by atoms with Gasteiger partial charge in [0.25, 0.3) is 5.78 Å². The van der Waals surface area contributed by atoms with E-state index in [1.54, 1.807) is 55.7 Å². The van der Waals surface area contributed by atoms with Gasteiger partial charge in [0, 0.05) is 12.4 Å². The van der Waals surface area contributed by atoms with Gasteiger partial charge in [0.1, 0.15) is 17.3 Å². The van der Waals surface area contributed by atoms with Gasteiger partial charge in [0.05, 0.1) is 46.1 Å². The monoisotopic (exact) mass is 535 g/mol. The van der Waals surface area contributed by atoms with Gasteiger partial charge in [-0.25, -0.2) is 4.98 Å². The zero-order chi connectivity index (χ0) is 26.3. The van der Waals surface area contributed by atoms with Gasteiger partial charge in [-0.3, -0.25) is 19.5 Å². The van der Waals surface area contributed by atoms with Crippen molar-refractivity contribution >= 4 is 55.7 Å². The minimum atomic E-state index is -0.968. The molecule has 1 unspecified atom stereocenters. The number of pyridine rings is 1. The number of aromatic nitrogens is 2. The van der Waals surface area contributed by atoms with Crippen LogP contribution in [0.5, 0.6) is 11.5 Å². The Morgan fingerprint density at radius 1 is 1.22 bits per heavy atom. The highest BCUT2D eigenvalue weighted by atomic mass is 35.5. The van der Waals surface area contributed by atoms with Crippen molar-refractivity contribution in [3.05, 3.63) is 82.1 Å². The number of aliphatic hydroxyl groups excluding tert-OH is 1. The molecule has 1 amide bonds. The molecule has 3 heterocycles. The number of thiazole rings is 1. The van der Waals surface area contributed by atoms with Crippen LogP contribution in [-0.2, 0) is 9.59 Å². The molecule has 4 aromatic rings. The maximum atomic E-state index is 13.5. The van der Waals surface area contributed by atoms with E-state index in [4.69, 9.17) is 21.1 Å². The van der Waals surface area contributed by atoms with Crippen molar-refractivity contribution in [3.63, 3.8) is 0 Å². The van der Waals surface area contributed by atoms with Crippen LogP contribution in [0.1, 0.15) is 29.7 Å². The third-order valence-electron chi connectivity index (χ3n) is 5.96. The number of aliphatic hydroxyl groups is 1. The van der Waals surface area contributed by atoms with Crippen molar-refractivity contribution in [1.29, 1.82) is 0 Å². The second-order valence-corrected chi connectivity index (χ2v) is 9.76. The average molecular weight is 536 g/mol. The maximum absolute atomic E-state index is 13.5. The lowest BCUT2D eigenvalue weighted by Crippen LogP contribution is -2.29. The van der Waals surface area contributed by atoms with Gasteiger partial charge in [0.15, 0.2) is 5.13 Å². The van der Waals surface area contributed by atoms with E-state index in [1.165, 1.54) is 23.3 Å². The van der Waals surface area contributed by atoms with Crippen LogP contribution in [0.25, 0.3) is 16.0 Å². The first kappa shape index (κ1) is 24.7. The molecule has 2 aromatic carbocycles. The summed E-state index contributed by atoms with van der Waals surface area (Å²) in [6, 6.07) is 11.3. The molecule has 0 aliphatic carbocycles. The van der Waals surface area contributed by atoms with Crippen LogP contribution in [0.3, 0.4) is 0 Å². The van der Waals surface area contributed by atoms with Crippen molar-refractivity contribution < 1.29 is 24.2 Å². The molecule has 0 radical (unpaired) electrons. The standard InChI is InChI=1S/C27H22ClN3O5S/c1-4-36-16-7-8-19-20(12-16)37-27(30-19)31-22(15-6-5-9-29-13-15)21(24(33)26(31)34)23(32)17-10-14(2)11-18(28)25(17)35-3/h5-13,22,32H,4H2,1-3H3/b23-21+. The normalized spacial score (nSPS) is 17.0. The van der Waals surface area contributed by atoms with E-state index >= 15 is 0 Å². The first-order chi connectivity index (χ1) is 17.8. The predicted molar refractivity (Wildman–Crippen MR) is 143 cm³/mol. The number of methoxy groups -OCH3 is 1. The van der Waals surface area contributed by atoms with Crippen molar-refractivity contribution in [3.8, 4) is 11.5 Å². The molecule has 0 saturated carbocycles. The van der Waals surface area contributed by atoms with Crippen molar-refractivity contribution in [2.24, 2.45) is 0 Å². The van der Waals surface area contributed by atoms with E-state index in [2.05, 4.69) is 9.97 Å². The number of benzene rings is 2. The molecule has 188 valence electrons. The molecule has 1 fully saturated rings. The molecule has 1 N–H and O–H groups in total. The number of hydrogen-bond acceptors (Lipinski definition) is 8. The summed E-state index contributed by atoms with van der Waals surface area (Å²) in [6.07, 6.45) is 3.14. The van der Waals surface area contributed by atoms with E-state index in [0.717, 1.165) is 10.3 Å². The fraction of sp³-hybridized carbons (Fsp3) is 0.185. The number of nitrogens with zero attached hydrogens (tertiary/aromatic N) is 3. The first-order valence-corrected chi connectivity index (χ1v) is 12.6. The summed E-state index contributed by atoms with van der Waals surface area (Å²) in [5, 5.41) is 12.1. The molecule has 5 rings (SSSR count). The molecule has 37 heavy (non-hydrogen) atoms. The average Bonchev–Trinajstić information content (AvgIpc) is 3.41. The Balaban J connectivity index is 1.73. The molecule has 1 atom stereocenters. The van der Waals surface area contributed by atoms with Gasteiger partial charge in [-0.05, 0) is 61.4 Å². The second-order valence-electron chi connectivity index (χ2n) is 8.34. The fourth-order valence-corrected chi connectivity index (χ4v) is 5.76. The molecule has 1 saturated heterocycles. The quantitative estimate of drug-likeness (QED) is 0.192. The maximum Gasteiger partial charge on any atom is 0.301 e. The van der Waals surface area contributed by atoms with Gasteiger partial charge in [-0.15, -0.1) is 0 Å². The van der Waals surface area contributed by atoms with Gasteiger partial charge in [0.2, 0.25) is 0 Å². The Hall–Kier alpha value is -3.95. The van der Waals surface area contributed by atoms with E-state index in [0.29, 0.717) is 28.6 Å². The van der Waals surface area contributed by atoms with Crippen LogP contribution in [-0.4, -0.2) is 40.5 Å². The Labute approximate surface area is 221 Å². The number of fused-ring (bicyclic) bond motifs is 1. The van der Waals surface area contributed by atoms with E-state index in [1.807, 2.05) is 13.0 Å². The lowest BCUT2D eigenvalue weighted by atomic mass is 9.95. The van der Waals surface area contributed by atoms with Crippen LogP contribution in [0.15, 0.2) is 60.4 Å². The zero-order valence-electron chi connectivity index (χ0n) is 20.2. The minimum absolute atomic E-state index is 0.104.